The fourth-order valence-electron chi connectivity index (χ4n) is 4.57. The first kappa shape index (κ1) is 21.3. The number of ether oxygens (including phenoxy) is 1. The highest BCUT2D eigenvalue weighted by atomic mass is 19.4. The van der Waals surface area contributed by atoms with E-state index in [1.54, 1.807) is 29.2 Å². The van der Waals surface area contributed by atoms with Crippen molar-refractivity contribution in [1.82, 2.24) is 19.9 Å². The summed E-state index contributed by atoms with van der Waals surface area (Å²) in [5, 5.41) is 0. The molecule has 1 aromatic carbocycles. The number of benzene rings is 1. The Bertz CT molecular complexity index is 1170. The van der Waals surface area contributed by atoms with Gasteiger partial charge in [0.05, 0.1) is 29.6 Å². The van der Waals surface area contributed by atoms with Gasteiger partial charge in [0.25, 0.3) is 5.91 Å². The van der Waals surface area contributed by atoms with E-state index in [0.29, 0.717) is 24.1 Å². The zero-order valence-electron chi connectivity index (χ0n) is 17.2. The second-order valence-electron chi connectivity index (χ2n) is 8.17. The zero-order chi connectivity index (χ0) is 23.2. The lowest BCUT2D eigenvalue weighted by molar-refractivity contribution is -0.137. The number of alkyl halides is 3. The minimum atomic E-state index is -4.47. The Morgan fingerprint density at radius 2 is 1.76 bits per heavy atom. The molecule has 1 aliphatic heterocycles. The molecule has 1 amide bonds. The standard InChI is InChI=1S/C23H18F4N4O2/c24-15-10-29-21(30-11-15)16-3-1-2-4-17(16)22(32)31-12-13-7-18(31)19(8-13)33-20-6-5-14(9-28-20)23(25,26)27/h1-6,9-11,13,18-19H,7-8,12H2/t13-,18?,19-/m1/s1. The van der Waals surface area contributed by atoms with E-state index in [-0.39, 0.29) is 35.7 Å². The second-order valence-corrected chi connectivity index (χ2v) is 8.17. The molecule has 6 nitrogen and oxygen atoms in total. The summed E-state index contributed by atoms with van der Waals surface area (Å²) < 4.78 is 57.4. The highest BCUT2D eigenvalue weighted by molar-refractivity contribution is 6.00. The summed E-state index contributed by atoms with van der Waals surface area (Å²) in [5.41, 5.74) is 0.0365. The number of pyridine rings is 1. The maximum absolute atomic E-state index is 13.5. The van der Waals surface area contributed by atoms with Crippen molar-refractivity contribution in [2.24, 2.45) is 5.92 Å². The third-order valence-electron chi connectivity index (χ3n) is 6.04. The van der Waals surface area contributed by atoms with Crippen LogP contribution in [0.2, 0.25) is 0 Å². The predicted octanol–water partition coefficient (Wildman–Crippen LogP) is 4.38. The fraction of sp³-hybridized carbons (Fsp3) is 0.304. The van der Waals surface area contributed by atoms with Crippen molar-refractivity contribution in [3.05, 3.63) is 71.9 Å². The molecule has 2 aliphatic rings. The van der Waals surface area contributed by atoms with E-state index < -0.39 is 17.6 Å². The van der Waals surface area contributed by atoms with Gasteiger partial charge < -0.3 is 9.64 Å². The smallest absolute Gasteiger partial charge is 0.417 e. The average Bonchev–Trinajstić information content (AvgIpc) is 3.40. The molecule has 0 spiro atoms. The maximum atomic E-state index is 13.5. The Morgan fingerprint density at radius 3 is 2.42 bits per heavy atom. The minimum absolute atomic E-state index is 0.0908. The van der Waals surface area contributed by atoms with Crippen molar-refractivity contribution in [2.45, 2.75) is 31.2 Å². The first-order valence-electron chi connectivity index (χ1n) is 10.4. The number of carbonyl (C=O) groups is 1. The topological polar surface area (TPSA) is 68.2 Å². The number of amides is 1. The first-order chi connectivity index (χ1) is 15.8. The van der Waals surface area contributed by atoms with Gasteiger partial charge in [-0.1, -0.05) is 18.2 Å². The molecule has 0 radical (unpaired) electrons. The Hall–Kier alpha value is -3.56. The molecule has 1 unspecified atom stereocenters. The number of likely N-dealkylation sites (tertiary alicyclic amines) is 1. The SMILES string of the molecule is O=C(c1ccccc1-c1ncc(F)cn1)N1C[C@@H]2CC1[C@H](Oc1ccc(C(F)(F)F)cn1)C2. The fourth-order valence-corrected chi connectivity index (χ4v) is 4.57. The maximum Gasteiger partial charge on any atom is 0.417 e. The first-order valence-corrected chi connectivity index (χ1v) is 10.4. The summed E-state index contributed by atoms with van der Waals surface area (Å²) in [4.78, 5) is 26.9. The predicted molar refractivity (Wildman–Crippen MR) is 109 cm³/mol. The monoisotopic (exact) mass is 458 g/mol. The summed E-state index contributed by atoms with van der Waals surface area (Å²) in [6.07, 6.45) is -0.574. The summed E-state index contributed by atoms with van der Waals surface area (Å²) in [6, 6.07) is 8.75. The van der Waals surface area contributed by atoms with Crippen molar-refractivity contribution in [3.8, 4) is 17.3 Å². The third-order valence-corrected chi connectivity index (χ3v) is 6.04. The van der Waals surface area contributed by atoms with Crippen LogP contribution in [0.4, 0.5) is 17.6 Å². The van der Waals surface area contributed by atoms with E-state index in [9.17, 15) is 22.4 Å². The molecular weight excluding hydrogens is 440 g/mol. The highest BCUT2D eigenvalue weighted by Crippen LogP contribution is 2.41. The lowest BCUT2D eigenvalue weighted by Crippen LogP contribution is -2.47. The minimum Gasteiger partial charge on any atom is -0.472 e. The van der Waals surface area contributed by atoms with Crippen molar-refractivity contribution in [2.75, 3.05) is 6.54 Å². The average molecular weight is 458 g/mol. The van der Waals surface area contributed by atoms with Crippen LogP contribution >= 0.6 is 0 Å². The molecular formula is C23H18F4N4O2. The van der Waals surface area contributed by atoms with Crippen LogP contribution in [0.3, 0.4) is 0 Å². The van der Waals surface area contributed by atoms with Crippen LogP contribution in [-0.4, -0.2) is 44.4 Å². The van der Waals surface area contributed by atoms with Crippen molar-refractivity contribution in [3.63, 3.8) is 0 Å². The van der Waals surface area contributed by atoms with Crippen LogP contribution in [0.1, 0.15) is 28.8 Å². The number of hydrogen-bond donors (Lipinski definition) is 0. The van der Waals surface area contributed by atoms with Gasteiger partial charge in [-0.25, -0.2) is 19.3 Å². The van der Waals surface area contributed by atoms with Gasteiger partial charge in [0.2, 0.25) is 5.88 Å². The number of nitrogens with zero attached hydrogens (tertiary/aromatic N) is 4. The van der Waals surface area contributed by atoms with E-state index >= 15 is 0 Å². The van der Waals surface area contributed by atoms with Gasteiger partial charge in [0.15, 0.2) is 11.6 Å². The van der Waals surface area contributed by atoms with Crippen molar-refractivity contribution >= 4 is 5.91 Å². The second kappa shape index (κ2) is 8.09. The molecule has 1 aliphatic carbocycles. The van der Waals surface area contributed by atoms with Crippen LogP contribution in [0.5, 0.6) is 5.88 Å². The zero-order valence-corrected chi connectivity index (χ0v) is 17.2. The number of hydrogen-bond acceptors (Lipinski definition) is 5. The van der Waals surface area contributed by atoms with Gasteiger partial charge in [-0.15, -0.1) is 0 Å². The Morgan fingerprint density at radius 1 is 1.00 bits per heavy atom. The number of halogens is 4. The summed E-state index contributed by atoms with van der Waals surface area (Å²) in [6.45, 7) is 0.558. The summed E-state index contributed by atoms with van der Waals surface area (Å²) >= 11 is 0. The van der Waals surface area contributed by atoms with Crippen LogP contribution in [0, 0.1) is 11.7 Å². The van der Waals surface area contributed by atoms with E-state index in [1.165, 1.54) is 6.07 Å². The number of carbonyl (C=O) groups excluding carboxylic acids is 1. The van der Waals surface area contributed by atoms with Crippen LogP contribution in [0.25, 0.3) is 11.4 Å². The van der Waals surface area contributed by atoms with Gasteiger partial charge in [-0.3, -0.25) is 4.79 Å². The number of rotatable bonds is 4. The number of piperidine rings is 1. The summed E-state index contributed by atoms with van der Waals surface area (Å²) in [5.74, 6) is -0.233. The van der Waals surface area contributed by atoms with Gasteiger partial charge in [0, 0.05) is 24.4 Å². The largest absolute Gasteiger partial charge is 0.472 e. The molecule has 2 aromatic heterocycles. The van der Waals surface area contributed by atoms with Crippen LogP contribution in [-0.2, 0) is 6.18 Å². The molecule has 3 heterocycles. The van der Waals surface area contributed by atoms with Crippen molar-refractivity contribution in [1.29, 1.82) is 0 Å². The molecule has 2 fully saturated rings. The molecule has 5 rings (SSSR count). The van der Waals surface area contributed by atoms with Gasteiger partial charge in [-0.05, 0) is 30.9 Å². The Labute approximate surface area is 186 Å². The van der Waals surface area contributed by atoms with Gasteiger partial charge >= 0.3 is 6.18 Å². The number of fused-ring (bicyclic) bond motifs is 2. The molecule has 3 atom stereocenters. The van der Waals surface area contributed by atoms with Crippen LogP contribution in [0.15, 0.2) is 55.0 Å². The van der Waals surface area contributed by atoms with Crippen LogP contribution < -0.4 is 4.74 Å². The van der Waals surface area contributed by atoms with E-state index in [0.717, 1.165) is 31.1 Å². The molecule has 10 heteroatoms. The third kappa shape index (κ3) is 4.12. The van der Waals surface area contributed by atoms with Crippen molar-refractivity contribution < 1.29 is 27.1 Å². The van der Waals surface area contributed by atoms with Gasteiger partial charge in [-0.2, -0.15) is 13.2 Å². The van der Waals surface area contributed by atoms with E-state index in [4.69, 9.17) is 4.74 Å². The van der Waals surface area contributed by atoms with Gasteiger partial charge in [0.1, 0.15) is 6.10 Å². The highest BCUT2D eigenvalue weighted by Gasteiger charge is 2.48. The molecule has 33 heavy (non-hydrogen) atoms. The lowest BCUT2D eigenvalue weighted by atomic mass is 10.0. The molecule has 3 aromatic rings. The molecule has 0 N–H and O–H groups in total. The quantitative estimate of drug-likeness (QED) is 0.543. The molecule has 1 saturated heterocycles. The lowest BCUT2D eigenvalue weighted by Gasteiger charge is -2.33. The Balaban J connectivity index is 1.35. The summed E-state index contributed by atoms with van der Waals surface area (Å²) in [7, 11) is 0. The normalized spacial score (nSPS) is 21.9. The number of aromatic nitrogens is 3. The Kier molecular flexibility index (Phi) is 5.22. The molecule has 170 valence electrons. The molecule has 1 saturated carbocycles. The van der Waals surface area contributed by atoms with E-state index in [1.807, 2.05) is 0 Å². The molecule has 2 bridgehead atoms. The van der Waals surface area contributed by atoms with E-state index in [2.05, 4.69) is 15.0 Å².